The highest BCUT2D eigenvalue weighted by Crippen LogP contribution is 2.29. The van der Waals surface area contributed by atoms with Crippen LogP contribution in [0.2, 0.25) is 0 Å². The van der Waals surface area contributed by atoms with Crippen molar-refractivity contribution in [3.8, 4) is 0 Å². The summed E-state index contributed by atoms with van der Waals surface area (Å²) in [5.74, 6) is 0.0823. The number of hydrogen-bond donors (Lipinski definition) is 3. The minimum absolute atomic E-state index is 0.00342. The normalized spacial score (nSPS) is 16.2. The van der Waals surface area contributed by atoms with Crippen LogP contribution in [-0.2, 0) is 25.7 Å². The lowest BCUT2D eigenvalue weighted by Gasteiger charge is -2.29. The van der Waals surface area contributed by atoms with E-state index in [-0.39, 0.29) is 37.1 Å². The Kier molecular flexibility index (Phi) is 6.24. The molecule has 0 radical (unpaired) electrons. The highest BCUT2D eigenvalue weighted by molar-refractivity contribution is 6.10. The Balaban J connectivity index is 1.18. The molecule has 3 aromatic rings. The molecule has 3 heterocycles. The topological polar surface area (TPSA) is 120 Å². The van der Waals surface area contributed by atoms with Gasteiger partial charge in [-0.15, -0.1) is 0 Å². The van der Waals surface area contributed by atoms with Crippen molar-refractivity contribution in [2.24, 2.45) is 0 Å². The summed E-state index contributed by atoms with van der Waals surface area (Å²) in [6.45, 7) is 3.89. The fourth-order valence-corrected chi connectivity index (χ4v) is 4.22. The van der Waals surface area contributed by atoms with E-state index in [0.29, 0.717) is 17.1 Å². The SMILES string of the molecule is O=C(CCC(=O)N1CC(=O)Nc2ccccc21)Nc1ccc2nc(CN3CCOCC3)[nH]c2c1. The van der Waals surface area contributed by atoms with Gasteiger partial charge in [0, 0.05) is 31.6 Å². The summed E-state index contributed by atoms with van der Waals surface area (Å²) in [6.07, 6.45) is 0.0197. The molecule has 3 amide bonds. The summed E-state index contributed by atoms with van der Waals surface area (Å²) >= 11 is 0. The van der Waals surface area contributed by atoms with Gasteiger partial charge < -0.3 is 25.3 Å². The number of aromatic amines is 1. The molecule has 176 valence electrons. The van der Waals surface area contributed by atoms with Crippen molar-refractivity contribution < 1.29 is 19.1 Å². The highest BCUT2D eigenvalue weighted by Gasteiger charge is 2.26. The second-order valence-corrected chi connectivity index (χ2v) is 8.40. The molecule has 10 heteroatoms. The fraction of sp³-hybridized carbons (Fsp3) is 0.333. The number of rotatable bonds is 6. The summed E-state index contributed by atoms with van der Waals surface area (Å²) in [4.78, 5) is 48.9. The van der Waals surface area contributed by atoms with Gasteiger partial charge in [-0.1, -0.05) is 12.1 Å². The molecular weight excluding hydrogens is 436 g/mol. The minimum Gasteiger partial charge on any atom is -0.379 e. The third kappa shape index (κ3) is 4.92. The molecule has 5 rings (SSSR count). The summed E-state index contributed by atoms with van der Waals surface area (Å²) in [5.41, 5.74) is 3.54. The third-order valence-corrected chi connectivity index (χ3v) is 5.93. The first kappa shape index (κ1) is 22.1. The van der Waals surface area contributed by atoms with E-state index in [4.69, 9.17) is 4.74 Å². The molecular formula is C24H26N6O4. The largest absolute Gasteiger partial charge is 0.379 e. The maximum absolute atomic E-state index is 12.7. The van der Waals surface area contributed by atoms with Crippen LogP contribution in [-0.4, -0.2) is 65.4 Å². The lowest BCUT2D eigenvalue weighted by Crippen LogP contribution is -2.42. The molecule has 0 unspecified atom stereocenters. The average Bonchev–Trinajstić information content (AvgIpc) is 3.24. The fourth-order valence-electron chi connectivity index (χ4n) is 4.22. The quantitative estimate of drug-likeness (QED) is 0.516. The Hall–Kier alpha value is -3.76. The molecule has 2 aromatic carbocycles. The predicted octanol–water partition coefficient (Wildman–Crippen LogP) is 2.10. The maximum Gasteiger partial charge on any atom is 0.244 e. The van der Waals surface area contributed by atoms with Gasteiger partial charge in [-0.2, -0.15) is 0 Å². The van der Waals surface area contributed by atoms with Crippen molar-refractivity contribution in [1.82, 2.24) is 14.9 Å². The van der Waals surface area contributed by atoms with Crippen LogP contribution in [0.4, 0.5) is 17.1 Å². The van der Waals surface area contributed by atoms with Crippen LogP contribution in [0.3, 0.4) is 0 Å². The molecule has 0 atom stereocenters. The first-order chi connectivity index (χ1) is 16.5. The van der Waals surface area contributed by atoms with Gasteiger partial charge in [-0.25, -0.2) is 4.98 Å². The molecule has 3 N–H and O–H groups in total. The van der Waals surface area contributed by atoms with Crippen LogP contribution in [0, 0.1) is 0 Å². The summed E-state index contributed by atoms with van der Waals surface area (Å²) in [5, 5.41) is 5.60. The maximum atomic E-state index is 12.7. The highest BCUT2D eigenvalue weighted by atomic mass is 16.5. The molecule has 2 aliphatic rings. The van der Waals surface area contributed by atoms with Crippen molar-refractivity contribution >= 4 is 45.8 Å². The van der Waals surface area contributed by atoms with Gasteiger partial charge in [0.1, 0.15) is 12.4 Å². The summed E-state index contributed by atoms with van der Waals surface area (Å²) in [6, 6.07) is 12.6. The number of aromatic nitrogens is 2. The zero-order chi connectivity index (χ0) is 23.5. The second kappa shape index (κ2) is 9.62. The summed E-state index contributed by atoms with van der Waals surface area (Å²) < 4.78 is 5.38. The molecule has 0 saturated carbocycles. The molecule has 1 saturated heterocycles. The van der Waals surface area contributed by atoms with Crippen molar-refractivity contribution in [3.05, 3.63) is 48.3 Å². The number of carbonyl (C=O) groups excluding carboxylic acids is 3. The van der Waals surface area contributed by atoms with Crippen LogP contribution >= 0.6 is 0 Å². The number of H-pyrrole nitrogens is 1. The van der Waals surface area contributed by atoms with E-state index in [9.17, 15) is 14.4 Å². The van der Waals surface area contributed by atoms with Crippen LogP contribution in [0.1, 0.15) is 18.7 Å². The third-order valence-electron chi connectivity index (χ3n) is 5.93. The van der Waals surface area contributed by atoms with E-state index in [1.54, 1.807) is 30.3 Å². The van der Waals surface area contributed by atoms with E-state index in [2.05, 4.69) is 25.5 Å². The molecule has 0 spiro atoms. The number of ether oxygens (including phenoxy) is 1. The number of morpholine rings is 1. The second-order valence-electron chi connectivity index (χ2n) is 8.40. The zero-order valence-corrected chi connectivity index (χ0v) is 18.7. The van der Waals surface area contributed by atoms with Crippen molar-refractivity contribution in [2.45, 2.75) is 19.4 Å². The van der Waals surface area contributed by atoms with Gasteiger partial charge in [0.2, 0.25) is 17.7 Å². The van der Waals surface area contributed by atoms with Gasteiger partial charge in [-0.05, 0) is 30.3 Å². The van der Waals surface area contributed by atoms with Gasteiger partial charge in [-0.3, -0.25) is 19.3 Å². The number of fused-ring (bicyclic) bond motifs is 2. The number of nitrogens with zero attached hydrogens (tertiary/aromatic N) is 3. The number of carbonyl (C=O) groups is 3. The van der Waals surface area contributed by atoms with Gasteiger partial charge >= 0.3 is 0 Å². The van der Waals surface area contributed by atoms with Gasteiger partial charge in [0.05, 0.1) is 42.2 Å². The predicted molar refractivity (Wildman–Crippen MR) is 127 cm³/mol. The van der Waals surface area contributed by atoms with Crippen molar-refractivity contribution in [3.63, 3.8) is 0 Å². The summed E-state index contributed by atoms with van der Waals surface area (Å²) in [7, 11) is 0. The number of imidazole rings is 1. The number of benzene rings is 2. The molecule has 34 heavy (non-hydrogen) atoms. The van der Waals surface area contributed by atoms with E-state index in [1.807, 2.05) is 12.1 Å². The Morgan fingerprint density at radius 3 is 2.76 bits per heavy atom. The monoisotopic (exact) mass is 462 g/mol. The Morgan fingerprint density at radius 2 is 1.91 bits per heavy atom. The standard InChI is InChI=1S/C24H26N6O4/c31-22(7-8-24(33)30-15-23(32)28-18-3-1-2-4-20(18)30)25-16-5-6-17-19(13-16)27-21(26-17)14-29-9-11-34-12-10-29/h1-6,13H,7-12,14-15H2,(H,25,31)(H,26,27)(H,28,32). The number of amides is 3. The van der Waals surface area contributed by atoms with Gasteiger partial charge in [0.15, 0.2) is 0 Å². The van der Waals surface area contributed by atoms with Crippen molar-refractivity contribution in [2.75, 3.05) is 48.4 Å². The van der Waals surface area contributed by atoms with Crippen LogP contribution in [0.15, 0.2) is 42.5 Å². The van der Waals surface area contributed by atoms with E-state index >= 15 is 0 Å². The molecule has 10 nitrogen and oxygen atoms in total. The lowest BCUT2D eigenvalue weighted by molar-refractivity contribution is -0.124. The van der Waals surface area contributed by atoms with E-state index in [0.717, 1.165) is 49.7 Å². The van der Waals surface area contributed by atoms with Crippen molar-refractivity contribution in [1.29, 1.82) is 0 Å². The Labute approximate surface area is 196 Å². The van der Waals surface area contributed by atoms with E-state index in [1.165, 1.54) is 4.90 Å². The smallest absolute Gasteiger partial charge is 0.244 e. The molecule has 0 aliphatic carbocycles. The molecule has 1 aromatic heterocycles. The average molecular weight is 463 g/mol. The number of nitrogens with one attached hydrogen (secondary N) is 3. The van der Waals surface area contributed by atoms with Crippen LogP contribution < -0.4 is 15.5 Å². The van der Waals surface area contributed by atoms with Crippen LogP contribution in [0.5, 0.6) is 0 Å². The first-order valence-corrected chi connectivity index (χ1v) is 11.3. The molecule has 1 fully saturated rings. The first-order valence-electron chi connectivity index (χ1n) is 11.3. The van der Waals surface area contributed by atoms with Crippen LogP contribution in [0.25, 0.3) is 11.0 Å². The number of para-hydroxylation sites is 2. The number of hydrogen-bond acceptors (Lipinski definition) is 6. The van der Waals surface area contributed by atoms with Gasteiger partial charge in [0.25, 0.3) is 0 Å². The van der Waals surface area contributed by atoms with E-state index < -0.39 is 0 Å². The zero-order valence-electron chi connectivity index (χ0n) is 18.7. The molecule has 0 bridgehead atoms. The Morgan fingerprint density at radius 1 is 1.09 bits per heavy atom. The number of anilines is 3. The molecule has 2 aliphatic heterocycles. The lowest BCUT2D eigenvalue weighted by atomic mass is 10.1. The minimum atomic E-state index is -0.269. The Bertz CT molecular complexity index is 1230.